The van der Waals surface area contributed by atoms with Crippen molar-refractivity contribution in [2.24, 2.45) is 0 Å². The van der Waals surface area contributed by atoms with Crippen LogP contribution in [0.4, 0.5) is 0 Å². The van der Waals surface area contributed by atoms with Gasteiger partial charge in [0.1, 0.15) is 53.0 Å². The second-order valence-corrected chi connectivity index (χ2v) is 11.8. The molecule has 14 nitrogen and oxygen atoms in total. The molecule has 244 valence electrons. The van der Waals surface area contributed by atoms with Crippen LogP contribution in [0.5, 0.6) is 11.5 Å². The van der Waals surface area contributed by atoms with Crippen molar-refractivity contribution in [1.82, 2.24) is 0 Å². The first-order valence-corrected chi connectivity index (χ1v) is 14.7. The first-order chi connectivity index (χ1) is 21.9. The highest BCUT2D eigenvalue weighted by Crippen LogP contribution is 2.45. The molecule has 2 aliphatic heterocycles. The van der Waals surface area contributed by atoms with Crippen LogP contribution in [-0.4, -0.2) is 94.1 Å². The lowest BCUT2D eigenvalue weighted by Crippen LogP contribution is -2.64. The zero-order valence-corrected chi connectivity index (χ0v) is 25.1. The number of methoxy groups -OCH3 is 1. The number of fused-ring (bicyclic) bond motifs is 2. The van der Waals surface area contributed by atoms with Gasteiger partial charge < -0.3 is 58.1 Å². The molecule has 7 rings (SSSR count). The van der Waals surface area contributed by atoms with Gasteiger partial charge in [0.2, 0.25) is 6.29 Å². The molecule has 0 spiro atoms. The Labute approximate surface area is 259 Å². The average molecular weight is 641 g/mol. The quantitative estimate of drug-likeness (QED) is 0.104. The van der Waals surface area contributed by atoms with Crippen molar-refractivity contribution < 1.29 is 58.1 Å². The molecule has 2 saturated heterocycles. The third-order valence-electron chi connectivity index (χ3n) is 9.03. The van der Waals surface area contributed by atoms with Gasteiger partial charge >= 0.3 is 11.3 Å². The Hall–Kier alpha value is -3.86. The van der Waals surface area contributed by atoms with E-state index < -0.39 is 78.4 Å². The number of ether oxygens (including phenoxy) is 5. The molecule has 0 bridgehead atoms. The molecule has 0 aliphatic carbocycles. The summed E-state index contributed by atoms with van der Waals surface area (Å²) in [6.45, 7) is 4.77. The minimum atomic E-state index is -1.60. The molecule has 14 heteroatoms. The fourth-order valence-electron chi connectivity index (χ4n) is 6.58. The highest BCUT2D eigenvalue weighted by molar-refractivity contribution is 6.28. The van der Waals surface area contributed by atoms with E-state index in [-0.39, 0.29) is 43.8 Å². The summed E-state index contributed by atoms with van der Waals surface area (Å²) in [5.41, 5.74) is -0.899. The average Bonchev–Trinajstić information content (AvgIpc) is 3.02. The smallest absolute Gasteiger partial charge is 0.348 e. The Morgan fingerprint density at radius 2 is 1.41 bits per heavy atom. The second-order valence-electron chi connectivity index (χ2n) is 11.8. The highest BCUT2D eigenvalue weighted by Gasteiger charge is 2.50. The number of hydrogen-bond acceptors (Lipinski definition) is 14. The zero-order chi connectivity index (χ0) is 32.8. The van der Waals surface area contributed by atoms with Crippen molar-refractivity contribution >= 4 is 43.5 Å². The molecule has 0 unspecified atom stereocenters. The summed E-state index contributed by atoms with van der Waals surface area (Å²) in [6, 6.07) is 7.70. The van der Waals surface area contributed by atoms with E-state index in [1.54, 1.807) is 26.0 Å². The van der Waals surface area contributed by atoms with Crippen molar-refractivity contribution in [3.63, 3.8) is 0 Å². The van der Waals surface area contributed by atoms with Gasteiger partial charge in [-0.3, -0.25) is 0 Å². The van der Waals surface area contributed by atoms with Crippen LogP contribution in [0.2, 0.25) is 0 Å². The van der Waals surface area contributed by atoms with Crippen LogP contribution >= 0.6 is 0 Å². The molecule has 4 heterocycles. The van der Waals surface area contributed by atoms with Crippen LogP contribution < -0.4 is 16.0 Å². The van der Waals surface area contributed by atoms with Crippen molar-refractivity contribution in [3.8, 4) is 11.5 Å². The van der Waals surface area contributed by atoms with Crippen LogP contribution in [0.3, 0.4) is 0 Å². The Balaban J connectivity index is 1.38. The van der Waals surface area contributed by atoms with Gasteiger partial charge in [0.05, 0.1) is 23.0 Å². The number of aryl methyl sites for hydroxylation is 1. The first kappa shape index (κ1) is 30.8. The monoisotopic (exact) mass is 640 g/mol. The van der Waals surface area contributed by atoms with Crippen LogP contribution in [0.25, 0.3) is 43.5 Å². The maximum absolute atomic E-state index is 13.4. The van der Waals surface area contributed by atoms with E-state index in [9.17, 15) is 35.1 Å². The number of phenols is 1. The van der Waals surface area contributed by atoms with Gasteiger partial charge in [0, 0.05) is 23.3 Å². The maximum Gasteiger partial charge on any atom is 0.348 e. The minimum Gasteiger partial charge on any atom is -0.506 e. The lowest BCUT2D eigenvalue weighted by molar-refractivity contribution is -0.353. The summed E-state index contributed by atoms with van der Waals surface area (Å²) in [6.07, 6.45) is -13.0. The molecule has 46 heavy (non-hydrogen) atoms. The number of aromatic hydroxyl groups is 1. The van der Waals surface area contributed by atoms with E-state index in [1.807, 2.05) is 0 Å². The van der Waals surface area contributed by atoms with Crippen molar-refractivity contribution in [3.05, 3.63) is 56.7 Å². The number of benzene rings is 3. The number of hydrogen-bond donors (Lipinski definition) is 5. The van der Waals surface area contributed by atoms with Crippen molar-refractivity contribution in [1.29, 1.82) is 0 Å². The van der Waals surface area contributed by atoms with Gasteiger partial charge in [-0.15, -0.1) is 0 Å². The van der Waals surface area contributed by atoms with Gasteiger partial charge in [0.15, 0.2) is 18.0 Å². The second kappa shape index (κ2) is 11.1. The fourth-order valence-corrected chi connectivity index (χ4v) is 6.58. The van der Waals surface area contributed by atoms with E-state index in [2.05, 4.69) is 0 Å². The molecule has 0 amide bonds. The fraction of sp³-hybridized carbons (Fsp3) is 0.438. The van der Waals surface area contributed by atoms with E-state index in [1.165, 1.54) is 32.2 Å². The zero-order valence-electron chi connectivity index (χ0n) is 25.1. The third-order valence-corrected chi connectivity index (χ3v) is 9.03. The predicted octanol–water partition coefficient (Wildman–Crippen LogP) is 1.37. The highest BCUT2D eigenvalue weighted by atomic mass is 16.8. The van der Waals surface area contributed by atoms with Crippen molar-refractivity contribution in [2.75, 3.05) is 7.11 Å². The molecule has 2 aliphatic rings. The lowest BCUT2D eigenvalue weighted by Gasteiger charge is -2.46. The summed E-state index contributed by atoms with van der Waals surface area (Å²) >= 11 is 0. The Morgan fingerprint density at radius 1 is 0.717 bits per heavy atom. The number of rotatable bonds is 5. The normalized spacial score (nSPS) is 32.2. The molecule has 2 aromatic heterocycles. The molecule has 0 saturated carbocycles. The van der Waals surface area contributed by atoms with Gasteiger partial charge in [0.25, 0.3) is 0 Å². The van der Waals surface area contributed by atoms with E-state index in [0.717, 1.165) is 0 Å². The largest absolute Gasteiger partial charge is 0.506 e. The molecular formula is C32H32O14. The Bertz CT molecular complexity index is 2070. The molecule has 2 fully saturated rings. The van der Waals surface area contributed by atoms with E-state index >= 15 is 0 Å². The SMILES string of the molecule is CO[C@H]1[C@H](O)[C@H](O[C@H]2[C@H](Oc3cccc4c(O)c5c(=O)oc6ccc(C)c7c(=O)oc(c34)c5c67)O[C@H](C)[C@H](O)[C@@H]2O)O[C@@H](C)[C@H]1O. The maximum atomic E-state index is 13.4. The summed E-state index contributed by atoms with van der Waals surface area (Å²) in [5.74, 6) is -0.425. The van der Waals surface area contributed by atoms with Gasteiger partial charge in [-0.05, 0) is 38.5 Å². The Morgan fingerprint density at radius 3 is 2.15 bits per heavy atom. The van der Waals surface area contributed by atoms with Gasteiger partial charge in [-0.25, -0.2) is 9.59 Å². The summed E-state index contributed by atoms with van der Waals surface area (Å²) in [4.78, 5) is 26.5. The van der Waals surface area contributed by atoms with E-state index in [4.69, 9.17) is 32.5 Å². The van der Waals surface area contributed by atoms with Crippen molar-refractivity contribution in [2.45, 2.75) is 82.2 Å². The van der Waals surface area contributed by atoms with Crippen LogP contribution in [0, 0.1) is 6.92 Å². The number of phenolic OH excluding ortho intramolecular Hbond substituents is 1. The summed E-state index contributed by atoms with van der Waals surface area (Å²) in [7, 11) is 1.30. The lowest BCUT2D eigenvalue weighted by atomic mass is 9.95. The predicted molar refractivity (Wildman–Crippen MR) is 160 cm³/mol. The van der Waals surface area contributed by atoms with Crippen LogP contribution in [0.15, 0.2) is 48.8 Å². The van der Waals surface area contributed by atoms with Gasteiger partial charge in [-0.1, -0.05) is 18.2 Å². The standard InChI is InChI=1S/C32H32O14/c1-10-8-9-15-18-16(10)29(38)45-26-17-13(23(35)20(19(18)26)30(39)43-15)6-5-7-14(17)44-32-28(24(36)21(33)11(2)42-32)46-31-25(37)27(40-4)22(34)12(3)41-31/h5-9,11-12,21-22,24-25,27-28,31-37H,1-4H3/t11-,12+,21+,22-,24+,25+,27-,28-,31+,32+/m1/s1. The van der Waals surface area contributed by atoms with Crippen LogP contribution in [-0.2, 0) is 18.9 Å². The molecule has 3 aromatic carbocycles. The Kier molecular flexibility index (Phi) is 7.45. The number of aliphatic hydroxyl groups is 4. The third kappa shape index (κ3) is 4.48. The topological polar surface area (TPSA) is 208 Å². The molecular weight excluding hydrogens is 608 g/mol. The first-order valence-electron chi connectivity index (χ1n) is 14.7. The molecule has 0 radical (unpaired) electrons. The summed E-state index contributed by atoms with van der Waals surface area (Å²) in [5, 5.41) is 55.1. The van der Waals surface area contributed by atoms with E-state index in [0.29, 0.717) is 10.9 Å². The number of aliphatic hydroxyl groups excluding tert-OH is 4. The van der Waals surface area contributed by atoms with Gasteiger partial charge in [-0.2, -0.15) is 0 Å². The molecule has 10 atom stereocenters. The molecule has 5 aromatic rings. The molecule has 5 N–H and O–H groups in total. The summed E-state index contributed by atoms with van der Waals surface area (Å²) < 4.78 is 40.4. The van der Waals surface area contributed by atoms with Crippen LogP contribution in [0.1, 0.15) is 19.4 Å². The minimum absolute atomic E-state index is 0.00746.